The second-order valence-corrected chi connectivity index (χ2v) is 6.05. The molecule has 16 heavy (non-hydrogen) atoms. The molecule has 90 valence electrons. The third-order valence-corrected chi connectivity index (χ3v) is 4.93. The fourth-order valence-electron chi connectivity index (χ4n) is 1.17. The van der Waals surface area contributed by atoms with Crippen LogP contribution in [0, 0.1) is 0 Å². The van der Waals surface area contributed by atoms with E-state index in [9.17, 15) is 8.42 Å². The molecule has 3 nitrogen and oxygen atoms in total. The van der Waals surface area contributed by atoms with Crippen molar-refractivity contribution in [3.8, 4) is 0 Å². The Hall–Kier alpha value is -0.100. The number of alkyl halides is 1. The van der Waals surface area contributed by atoms with Gasteiger partial charge in [-0.1, -0.05) is 46.6 Å². The highest BCUT2D eigenvalue weighted by molar-refractivity contribution is 9.09. The topological polar surface area (TPSA) is 46.2 Å². The van der Waals surface area contributed by atoms with Gasteiger partial charge in [0.1, 0.15) is 4.90 Å². The molecule has 0 spiro atoms. The summed E-state index contributed by atoms with van der Waals surface area (Å²) in [4.78, 5) is 0.121. The Morgan fingerprint density at radius 3 is 2.56 bits per heavy atom. The van der Waals surface area contributed by atoms with Crippen LogP contribution in [-0.2, 0) is 10.0 Å². The fraction of sp³-hybridized carbons (Fsp3) is 0.400. The summed E-state index contributed by atoms with van der Waals surface area (Å²) in [6.07, 6.45) is 0.717. The van der Waals surface area contributed by atoms with Crippen LogP contribution in [0.2, 0.25) is 5.02 Å². The molecule has 1 atom stereocenters. The molecule has 1 rings (SSSR count). The van der Waals surface area contributed by atoms with Gasteiger partial charge in [-0.3, -0.25) is 0 Å². The summed E-state index contributed by atoms with van der Waals surface area (Å²) in [5, 5.41) is 0.812. The van der Waals surface area contributed by atoms with E-state index in [1.54, 1.807) is 18.2 Å². The maximum Gasteiger partial charge on any atom is 0.242 e. The van der Waals surface area contributed by atoms with Crippen LogP contribution in [0.1, 0.15) is 13.3 Å². The van der Waals surface area contributed by atoms with Crippen LogP contribution >= 0.6 is 27.5 Å². The van der Waals surface area contributed by atoms with Crippen LogP contribution in [0.3, 0.4) is 0 Å². The van der Waals surface area contributed by atoms with E-state index in [0.29, 0.717) is 5.33 Å². The minimum absolute atomic E-state index is 0.121. The van der Waals surface area contributed by atoms with E-state index in [2.05, 4.69) is 20.7 Å². The molecule has 1 N–H and O–H groups in total. The summed E-state index contributed by atoms with van der Waals surface area (Å²) in [5.41, 5.74) is 0. The Labute approximate surface area is 109 Å². The first-order valence-electron chi connectivity index (χ1n) is 4.84. The van der Waals surface area contributed by atoms with Crippen molar-refractivity contribution in [2.75, 3.05) is 5.33 Å². The minimum Gasteiger partial charge on any atom is -0.207 e. The van der Waals surface area contributed by atoms with Gasteiger partial charge in [0, 0.05) is 11.4 Å². The average Bonchev–Trinajstić information content (AvgIpc) is 2.26. The van der Waals surface area contributed by atoms with Crippen LogP contribution in [0.4, 0.5) is 0 Å². The van der Waals surface area contributed by atoms with Gasteiger partial charge >= 0.3 is 0 Å². The molecular weight excluding hydrogens is 314 g/mol. The smallest absolute Gasteiger partial charge is 0.207 e. The van der Waals surface area contributed by atoms with Gasteiger partial charge in [-0.15, -0.1) is 0 Å². The molecule has 0 radical (unpaired) electrons. The van der Waals surface area contributed by atoms with Gasteiger partial charge < -0.3 is 0 Å². The zero-order valence-electron chi connectivity index (χ0n) is 8.78. The quantitative estimate of drug-likeness (QED) is 0.846. The van der Waals surface area contributed by atoms with Crippen molar-refractivity contribution in [1.29, 1.82) is 0 Å². The molecule has 0 saturated carbocycles. The molecule has 0 heterocycles. The average molecular weight is 327 g/mol. The molecule has 1 unspecified atom stereocenters. The largest absolute Gasteiger partial charge is 0.242 e. The number of rotatable bonds is 5. The summed E-state index contributed by atoms with van der Waals surface area (Å²) in [7, 11) is -3.53. The van der Waals surface area contributed by atoms with Gasteiger partial charge in [0.05, 0.1) is 5.02 Å². The molecular formula is C10H13BrClNO2S. The number of halogens is 2. The van der Waals surface area contributed by atoms with Crippen LogP contribution < -0.4 is 4.72 Å². The number of sulfonamides is 1. The zero-order chi connectivity index (χ0) is 12.2. The highest BCUT2D eigenvalue weighted by Gasteiger charge is 2.20. The van der Waals surface area contributed by atoms with E-state index in [4.69, 9.17) is 11.6 Å². The van der Waals surface area contributed by atoms with E-state index in [0.717, 1.165) is 6.42 Å². The normalized spacial score (nSPS) is 13.7. The van der Waals surface area contributed by atoms with Crippen molar-refractivity contribution in [2.45, 2.75) is 24.3 Å². The summed E-state index contributed by atoms with van der Waals surface area (Å²) < 4.78 is 26.5. The van der Waals surface area contributed by atoms with Crippen LogP contribution in [0.25, 0.3) is 0 Å². The van der Waals surface area contributed by atoms with Crippen molar-refractivity contribution in [2.24, 2.45) is 0 Å². The van der Waals surface area contributed by atoms with Crippen molar-refractivity contribution in [1.82, 2.24) is 4.72 Å². The summed E-state index contributed by atoms with van der Waals surface area (Å²) >= 11 is 9.11. The fourth-order valence-corrected chi connectivity index (χ4v) is 3.84. The maximum absolute atomic E-state index is 12.0. The first kappa shape index (κ1) is 14.0. The van der Waals surface area contributed by atoms with Crippen LogP contribution in [-0.4, -0.2) is 19.8 Å². The number of hydrogen-bond donors (Lipinski definition) is 1. The summed E-state index contributed by atoms with van der Waals surface area (Å²) in [5.74, 6) is 0. The monoisotopic (exact) mass is 325 g/mol. The molecule has 1 aromatic carbocycles. The Kier molecular flexibility index (Phi) is 5.24. The van der Waals surface area contributed by atoms with E-state index in [-0.39, 0.29) is 16.0 Å². The lowest BCUT2D eigenvalue weighted by Crippen LogP contribution is -2.35. The van der Waals surface area contributed by atoms with E-state index in [1.165, 1.54) is 6.07 Å². The molecule has 0 fully saturated rings. The van der Waals surface area contributed by atoms with Crippen molar-refractivity contribution in [3.05, 3.63) is 29.3 Å². The van der Waals surface area contributed by atoms with Crippen molar-refractivity contribution in [3.63, 3.8) is 0 Å². The van der Waals surface area contributed by atoms with Crippen molar-refractivity contribution < 1.29 is 8.42 Å². The van der Waals surface area contributed by atoms with Gasteiger partial charge in [-0.05, 0) is 18.6 Å². The van der Waals surface area contributed by atoms with E-state index >= 15 is 0 Å². The molecule has 0 aromatic heterocycles. The molecule has 0 aliphatic rings. The molecule has 0 saturated heterocycles. The van der Waals surface area contributed by atoms with Gasteiger partial charge in [0.2, 0.25) is 10.0 Å². The predicted molar refractivity (Wildman–Crippen MR) is 69.6 cm³/mol. The highest BCUT2D eigenvalue weighted by atomic mass is 79.9. The second-order valence-electron chi connectivity index (χ2n) is 3.31. The van der Waals surface area contributed by atoms with Crippen LogP contribution in [0.5, 0.6) is 0 Å². The van der Waals surface area contributed by atoms with Crippen molar-refractivity contribution >= 4 is 37.6 Å². The molecule has 6 heteroatoms. The Balaban J connectivity index is 2.99. The minimum atomic E-state index is -3.53. The summed E-state index contributed by atoms with van der Waals surface area (Å²) in [6, 6.07) is 6.27. The third kappa shape index (κ3) is 3.45. The van der Waals surface area contributed by atoms with E-state index in [1.807, 2.05) is 6.92 Å². The Morgan fingerprint density at radius 2 is 2.06 bits per heavy atom. The number of benzene rings is 1. The molecule has 0 aliphatic heterocycles. The lowest BCUT2D eigenvalue weighted by molar-refractivity contribution is 0.559. The summed E-state index contributed by atoms with van der Waals surface area (Å²) in [6.45, 7) is 1.92. The van der Waals surface area contributed by atoms with E-state index < -0.39 is 10.0 Å². The molecule has 0 bridgehead atoms. The maximum atomic E-state index is 12.0. The van der Waals surface area contributed by atoms with Gasteiger partial charge in [-0.2, -0.15) is 0 Å². The van der Waals surface area contributed by atoms with Crippen LogP contribution in [0.15, 0.2) is 29.2 Å². The Bertz CT molecular complexity index is 446. The first-order chi connectivity index (χ1) is 7.51. The number of nitrogens with one attached hydrogen (secondary N) is 1. The Morgan fingerprint density at radius 1 is 1.44 bits per heavy atom. The van der Waals surface area contributed by atoms with Gasteiger partial charge in [0.15, 0.2) is 0 Å². The molecule has 1 aromatic rings. The third-order valence-electron chi connectivity index (χ3n) is 2.13. The highest BCUT2D eigenvalue weighted by Crippen LogP contribution is 2.20. The lowest BCUT2D eigenvalue weighted by Gasteiger charge is -2.14. The first-order valence-corrected chi connectivity index (χ1v) is 7.82. The molecule has 0 amide bonds. The standard InChI is InChI=1S/C10H13BrClNO2S/c1-2-8(7-11)13-16(14,15)10-6-4-3-5-9(10)12/h3-6,8,13H,2,7H2,1H3. The predicted octanol–water partition coefficient (Wildman–Crippen LogP) is 2.79. The SMILES string of the molecule is CCC(CBr)NS(=O)(=O)c1ccccc1Cl. The molecule has 0 aliphatic carbocycles. The van der Waals surface area contributed by atoms with Gasteiger partial charge in [-0.25, -0.2) is 13.1 Å². The zero-order valence-corrected chi connectivity index (χ0v) is 11.9. The van der Waals surface area contributed by atoms with Gasteiger partial charge in [0.25, 0.3) is 0 Å². The lowest BCUT2D eigenvalue weighted by atomic mass is 10.3. The number of hydrogen-bond acceptors (Lipinski definition) is 2. The second kappa shape index (κ2) is 6.00.